The first-order valence-electron chi connectivity index (χ1n) is 7.22. The van der Waals surface area contributed by atoms with Crippen LogP contribution in [0.4, 0.5) is 8.78 Å². The quantitative estimate of drug-likeness (QED) is 0.824. The van der Waals surface area contributed by atoms with Crippen LogP contribution in [0.25, 0.3) is 0 Å². The Hall–Kier alpha value is -0.520. The van der Waals surface area contributed by atoms with Crippen molar-refractivity contribution in [3.05, 3.63) is 33.8 Å². The molecule has 20 heavy (non-hydrogen) atoms. The summed E-state index contributed by atoms with van der Waals surface area (Å²) < 4.78 is 27.7. The van der Waals surface area contributed by atoms with Crippen molar-refractivity contribution in [2.45, 2.75) is 31.8 Å². The van der Waals surface area contributed by atoms with E-state index in [-0.39, 0.29) is 12.1 Å². The molecule has 2 aliphatic rings. The summed E-state index contributed by atoms with van der Waals surface area (Å²) >= 11 is 3.09. The number of rotatable bonds is 5. The van der Waals surface area contributed by atoms with Gasteiger partial charge in [0.1, 0.15) is 11.6 Å². The molecule has 1 saturated carbocycles. The molecule has 5 heteroatoms. The van der Waals surface area contributed by atoms with Gasteiger partial charge in [0.05, 0.1) is 4.47 Å². The van der Waals surface area contributed by atoms with E-state index < -0.39 is 11.6 Å². The minimum atomic E-state index is -0.497. The Balaban J connectivity index is 1.49. The third kappa shape index (κ3) is 3.21. The molecule has 1 aromatic carbocycles. The fourth-order valence-corrected chi connectivity index (χ4v) is 3.30. The topological polar surface area (TPSA) is 15.3 Å². The van der Waals surface area contributed by atoms with Crippen molar-refractivity contribution < 1.29 is 8.78 Å². The third-order valence-electron chi connectivity index (χ3n) is 4.25. The van der Waals surface area contributed by atoms with Crippen molar-refractivity contribution >= 4 is 15.9 Å². The van der Waals surface area contributed by atoms with Gasteiger partial charge in [-0.15, -0.1) is 0 Å². The maximum Gasteiger partial charge on any atom is 0.144 e. The van der Waals surface area contributed by atoms with Gasteiger partial charge in [0.15, 0.2) is 0 Å². The lowest BCUT2D eigenvalue weighted by molar-refractivity contribution is 0.311. The lowest BCUT2D eigenvalue weighted by Gasteiger charge is -2.15. The van der Waals surface area contributed by atoms with Crippen LogP contribution in [0.3, 0.4) is 0 Å². The summed E-state index contributed by atoms with van der Waals surface area (Å²) in [6.45, 7) is 3.38. The predicted molar refractivity (Wildman–Crippen MR) is 78.5 cm³/mol. The average Bonchev–Trinajstić information content (AvgIpc) is 3.18. The van der Waals surface area contributed by atoms with Gasteiger partial charge in [0.2, 0.25) is 0 Å². The van der Waals surface area contributed by atoms with Gasteiger partial charge in [-0.2, -0.15) is 0 Å². The molecule has 2 fully saturated rings. The maximum atomic E-state index is 13.8. The average molecular weight is 345 g/mol. The predicted octanol–water partition coefficient (Wildman–Crippen LogP) is 3.30. The van der Waals surface area contributed by atoms with Crippen LogP contribution in [0.1, 0.15) is 24.8 Å². The van der Waals surface area contributed by atoms with Gasteiger partial charge >= 0.3 is 0 Å². The van der Waals surface area contributed by atoms with E-state index in [4.69, 9.17) is 0 Å². The van der Waals surface area contributed by atoms with Crippen molar-refractivity contribution in [1.29, 1.82) is 0 Å². The summed E-state index contributed by atoms with van der Waals surface area (Å²) in [5.41, 5.74) is 0.122. The van der Waals surface area contributed by atoms with Crippen molar-refractivity contribution in [2.75, 3.05) is 19.6 Å². The summed E-state index contributed by atoms with van der Waals surface area (Å²) in [6, 6.07) is 3.52. The van der Waals surface area contributed by atoms with Crippen molar-refractivity contribution in [1.82, 2.24) is 10.2 Å². The molecular weight excluding hydrogens is 326 g/mol. The molecular formula is C15H19BrF2N2. The summed E-state index contributed by atoms with van der Waals surface area (Å²) in [6.07, 6.45) is 3.87. The molecule has 2 nitrogen and oxygen atoms in total. The van der Waals surface area contributed by atoms with Gasteiger partial charge in [-0.05, 0) is 66.3 Å². The second kappa shape index (κ2) is 6.08. The number of halogens is 3. The fourth-order valence-electron chi connectivity index (χ4n) is 2.93. The molecule has 3 rings (SSSR count). The molecule has 1 N–H and O–H groups in total. The van der Waals surface area contributed by atoms with Crippen molar-refractivity contribution in [3.63, 3.8) is 0 Å². The summed E-state index contributed by atoms with van der Waals surface area (Å²) in [4.78, 5) is 2.55. The second-order valence-corrected chi connectivity index (χ2v) is 6.69. The number of nitrogens with one attached hydrogen (secondary N) is 1. The van der Waals surface area contributed by atoms with E-state index in [1.54, 1.807) is 0 Å². The normalized spacial score (nSPS) is 23.4. The number of nitrogens with zero attached hydrogens (tertiary/aromatic N) is 1. The smallest absolute Gasteiger partial charge is 0.144 e. The molecule has 0 spiro atoms. The highest BCUT2D eigenvalue weighted by molar-refractivity contribution is 9.10. The lowest BCUT2D eigenvalue weighted by atomic mass is 10.1. The van der Waals surface area contributed by atoms with Crippen LogP contribution in [0.15, 0.2) is 16.6 Å². The summed E-state index contributed by atoms with van der Waals surface area (Å²) in [5.74, 6) is -0.373. The van der Waals surface area contributed by atoms with Crippen LogP contribution in [0.5, 0.6) is 0 Å². The highest BCUT2D eigenvalue weighted by Gasteiger charge is 2.34. The fraction of sp³-hybridized carbons (Fsp3) is 0.600. The summed E-state index contributed by atoms with van der Waals surface area (Å²) in [5, 5.41) is 3.20. The lowest BCUT2D eigenvalue weighted by Crippen LogP contribution is -2.27. The Kier molecular flexibility index (Phi) is 4.38. The Labute approximate surface area is 126 Å². The SMILES string of the molecule is Fc1ccc(Br)c(F)c1CNCC1CCN(C2CC2)C1. The number of likely N-dealkylation sites (tertiary alicyclic amines) is 1. The molecule has 0 amide bonds. The van der Waals surface area contributed by atoms with Crippen LogP contribution in [-0.2, 0) is 6.54 Å². The van der Waals surface area contributed by atoms with E-state index in [0.717, 1.165) is 19.1 Å². The Bertz CT molecular complexity index is 491. The van der Waals surface area contributed by atoms with E-state index in [0.29, 0.717) is 10.4 Å². The number of hydrogen-bond donors (Lipinski definition) is 1. The molecule has 1 atom stereocenters. The zero-order valence-corrected chi connectivity index (χ0v) is 12.9. The molecule has 1 saturated heterocycles. The highest BCUT2D eigenvalue weighted by atomic mass is 79.9. The van der Waals surface area contributed by atoms with E-state index in [1.165, 1.54) is 37.9 Å². The van der Waals surface area contributed by atoms with E-state index >= 15 is 0 Å². The summed E-state index contributed by atoms with van der Waals surface area (Å²) in [7, 11) is 0. The Morgan fingerprint density at radius 3 is 2.80 bits per heavy atom. The minimum absolute atomic E-state index is 0.122. The molecule has 1 aromatic rings. The molecule has 1 aliphatic heterocycles. The first-order valence-corrected chi connectivity index (χ1v) is 8.01. The molecule has 1 aliphatic carbocycles. The minimum Gasteiger partial charge on any atom is -0.312 e. The van der Waals surface area contributed by atoms with Crippen molar-refractivity contribution in [3.8, 4) is 0 Å². The molecule has 1 heterocycles. The van der Waals surface area contributed by atoms with Gasteiger partial charge in [-0.25, -0.2) is 8.78 Å². The standard InChI is InChI=1S/C15H19BrF2N2/c16-13-3-4-14(17)12(15(13)18)8-19-7-10-5-6-20(9-10)11-1-2-11/h3-4,10-11,19H,1-2,5-9H2. The van der Waals surface area contributed by atoms with Crippen LogP contribution in [-0.4, -0.2) is 30.6 Å². The van der Waals surface area contributed by atoms with E-state index in [2.05, 4.69) is 26.1 Å². The first-order chi connectivity index (χ1) is 9.65. The first kappa shape index (κ1) is 14.4. The highest BCUT2D eigenvalue weighted by Crippen LogP contribution is 2.31. The molecule has 110 valence electrons. The van der Waals surface area contributed by atoms with Crippen LogP contribution < -0.4 is 5.32 Å². The number of benzene rings is 1. The van der Waals surface area contributed by atoms with Crippen LogP contribution in [0, 0.1) is 17.6 Å². The molecule has 0 bridgehead atoms. The Morgan fingerprint density at radius 2 is 2.05 bits per heavy atom. The monoisotopic (exact) mass is 344 g/mol. The molecule has 0 radical (unpaired) electrons. The van der Waals surface area contributed by atoms with Gasteiger partial charge < -0.3 is 10.2 Å². The van der Waals surface area contributed by atoms with Crippen LogP contribution >= 0.6 is 15.9 Å². The van der Waals surface area contributed by atoms with E-state index in [9.17, 15) is 8.78 Å². The Morgan fingerprint density at radius 1 is 1.25 bits per heavy atom. The van der Waals surface area contributed by atoms with Crippen LogP contribution in [0.2, 0.25) is 0 Å². The molecule has 1 unspecified atom stereocenters. The zero-order valence-electron chi connectivity index (χ0n) is 11.3. The number of hydrogen-bond acceptors (Lipinski definition) is 2. The molecule has 0 aromatic heterocycles. The maximum absolute atomic E-state index is 13.8. The zero-order chi connectivity index (χ0) is 14.1. The second-order valence-electron chi connectivity index (χ2n) is 5.83. The van der Waals surface area contributed by atoms with Gasteiger partial charge in [0.25, 0.3) is 0 Å². The van der Waals surface area contributed by atoms with Gasteiger partial charge in [0, 0.05) is 24.7 Å². The van der Waals surface area contributed by atoms with Gasteiger partial charge in [-0.1, -0.05) is 0 Å². The van der Waals surface area contributed by atoms with Crippen molar-refractivity contribution in [2.24, 2.45) is 5.92 Å². The van der Waals surface area contributed by atoms with Gasteiger partial charge in [-0.3, -0.25) is 0 Å². The largest absolute Gasteiger partial charge is 0.312 e. The third-order valence-corrected chi connectivity index (χ3v) is 4.87. The van der Waals surface area contributed by atoms with E-state index in [1.807, 2.05) is 0 Å².